The van der Waals surface area contributed by atoms with Crippen LogP contribution >= 0.6 is 0 Å². The largest absolute Gasteiger partial charge is 0.457 e. The fourth-order valence-corrected chi connectivity index (χ4v) is 3.21. The number of ether oxygens (including phenoxy) is 4. The molecule has 0 bridgehead atoms. The van der Waals surface area contributed by atoms with Crippen LogP contribution in [0.1, 0.15) is 31.7 Å². The number of carbonyl (C=O) groups excluding carboxylic acids is 1. The van der Waals surface area contributed by atoms with Crippen molar-refractivity contribution >= 4 is 16.7 Å². The van der Waals surface area contributed by atoms with Crippen molar-refractivity contribution in [2.75, 3.05) is 19.8 Å². The van der Waals surface area contributed by atoms with E-state index in [2.05, 4.69) is 18.2 Å². The normalized spacial score (nSPS) is 19.3. The molecule has 1 aliphatic heterocycles. The maximum absolute atomic E-state index is 11.4. The number of fused-ring (bicyclic) bond motifs is 1. The summed E-state index contributed by atoms with van der Waals surface area (Å²) in [7, 11) is 0. The van der Waals surface area contributed by atoms with Gasteiger partial charge in [0.05, 0.1) is 19.8 Å². The van der Waals surface area contributed by atoms with E-state index in [1.54, 1.807) is 0 Å². The molecule has 0 spiro atoms. The molecule has 0 aromatic heterocycles. The van der Waals surface area contributed by atoms with Gasteiger partial charge in [0.25, 0.3) is 0 Å². The van der Waals surface area contributed by atoms with Gasteiger partial charge in [0, 0.05) is 13.5 Å². The second kappa shape index (κ2) is 10.5. The second-order valence-corrected chi connectivity index (χ2v) is 7.04. The highest BCUT2D eigenvalue weighted by Crippen LogP contribution is 2.17. The molecule has 1 saturated heterocycles. The summed E-state index contributed by atoms with van der Waals surface area (Å²) in [6.07, 6.45) is 0.806. The Morgan fingerprint density at radius 2 is 2.00 bits per heavy atom. The molecule has 6 heteroatoms. The first-order valence-electron chi connectivity index (χ1n) is 9.76. The zero-order valence-electron chi connectivity index (χ0n) is 16.2. The van der Waals surface area contributed by atoms with Crippen LogP contribution in [-0.4, -0.2) is 49.4 Å². The van der Waals surface area contributed by atoms with Crippen LogP contribution in [0.25, 0.3) is 10.8 Å². The SMILES string of the molecule is CC(=O)O[C@@H](COCc1ccc2ccccc2c1)[C@H](O)COC1CCCCO1. The number of rotatable bonds is 9. The van der Waals surface area contributed by atoms with Crippen LogP contribution in [0.3, 0.4) is 0 Å². The van der Waals surface area contributed by atoms with Gasteiger partial charge in [-0.05, 0) is 41.7 Å². The molecule has 6 nitrogen and oxygen atoms in total. The van der Waals surface area contributed by atoms with E-state index in [1.165, 1.54) is 12.3 Å². The molecule has 0 amide bonds. The molecule has 28 heavy (non-hydrogen) atoms. The molecule has 1 unspecified atom stereocenters. The van der Waals surface area contributed by atoms with Crippen molar-refractivity contribution in [2.24, 2.45) is 0 Å². The highest BCUT2D eigenvalue weighted by Gasteiger charge is 2.25. The molecule has 2 aromatic carbocycles. The summed E-state index contributed by atoms with van der Waals surface area (Å²) in [5.41, 5.74) is 1.02. The van der Waals surface area contributed by atoms with E-state index >= 15 is 0 Å². The highest BCUT2D eigenvalue weighted by molar-refractivity contribution is 5.82. The lowest BCUT2D eigenvalue weighted by molar-refractivity contribution is -0.192. The van der Waals surface area contributed by atoms with Crippen LogP contribution < -0.4 is 0 Å². The monoisotopic (exact) mass is 388 g/mol. The molecular weight excluding hydrogens is 360 g/mol. The summed E-state index contributed by atoms with van der Waals surface area (Å²) < 4.78 is 22.0. The van der Waals surface area contributed by atoms with Crippen LogP contribution in [0.5, 0.6) is 0 Å². The third kappa shape index (κ3) is 6.27. The van der Waals surface area contributed by atoms with Crippen molar-refractivity contribution in [1.82, 2.24) is 0 Å². The highest BCUT2D eigenvalue weighted by atomic mass is 16.7. The van der Waals surface area contributed by atoms with Gasteiger partial charge >= 0.3 is 5.97 Å². The predicted octanol–water partition coefficient (Wildman–Crippen LogP) is 3.19. The average molecular weight is 388 g/mol. The summed E-state index contributed by atoms with van der Waals surface area (Å²) in [6, 6.07) is 14.2. The quantitative estimate of drug-likeness (QED) is 0.665. The summed E-state index contributed by atoms with van der Waals surface area (Å²) in [5, 5.41) is 12.7. The maximum atomic E-state index is 11.4. The van der Waals surface area contributed by atoms with Crippen molar-refractivity contribution in [3.63, 3.8) is 0 Å². The lowest BCUT2D eigenvalue weighted by Gasteiger charge is -2.27. The first-order valence-corrected chi connectivity index (χ1v) is 9.76. The minimum absolute atomic E-state index is 0.0297. The van der Waals surface area contributed by atoms with Gasteiger partial charge in [0.15, 0.2) is 12.4 Å². The molecule has 1 aliphatic rings. The van der Waals surface area contributed by atoms with Crippen molar-refractivity contribution < 1.29 is 28.8 Å². The predicted molar refractivity (Wildman–Crippen MR) is 105 cm³/mol. The molecule has 0 aliphatic carbocycles. The fraction of sp³-hybridized carbons (Fsp3) is 0.500. The van der Waals surface area contributed by atoms with Gasteiger partial charge in [0.2, 0.25) is 0 Å². The van der Waals surface area contributed by atoms with E-state index in [0.29, 0.717) is 13.2 Å². The number of aliphatic hydroxyl groups is 1. The Bertz CT molecular complexity index is 756. The van der Waals surface area contributed by atoms with Gasteiger partial charge in [-0.1, -0.05) is 36.4 Å². The van der Waals surface area contributed by atoms with E-state index in [-0.39, 0.29) is 19.5 Å². The van der Waals surface area contributed by atoms with Gasteiger partial charge in [-0.15, -0.1) is 0 Å². The molecule has 3 atom stereocenters. The zero-order valence-corrected chi connectivity index (χ0v) is 16.2. The van der Waals surface area contributed by atoms with Gasteiger partial charge in [-0.25, -0.2) is 0 Å². The fourth-order valence-electron chi connectivity index (χ4n) is 3.21. The Balaban J connectivity index is 1.50. The number of hydrogen-bond donors (Lipinski definition) is 1. The minimum atomic E-state index is -0.981. The van der Waals surface area contributed by atoms with Gasteiger partial charge in [-0.2, -0.15) is 0 Å². The van der Waals surface area contributed by atoms with Gasteiger partial charge < -0.3 is 24.1 Å². The number of benzene rings is 2. The average Bonchev–Trinajstić information content (AvgIpc) is 2.71. The number of esters is 1. The Morgan fingerprint density at radius 3 is 2.75 bits per heavy atom. The third-order valence-corrected chi connectivity index (χ3v) is 4.70. The topological polar surface area (TPSA) is 74.2 Å². The Morgan fingerprint density at radius 1 is 1.18 bits per heavy atom. The summed E-state index contributed by atoms with van der Waals surface area (Å²) in [4.78, 5) is 11.4. The number of carbonyl (C=O) groups is 1. The maximum Gasteiger partial charge on any atom is 0.303 e. The zero-order chi connectivity index (χ0) is 19.8. The standard InChI is InChI=1S/C22H28O6/c1-16(23)28-21(20(24)14-27-22-8-4-5-11-26-22)15-25-13-17-9-10-18-6-2-3-7-19(18)12-17/h2-3,6-7,9-10,12,20-22,24H,4-5,8,11,13-15H2,1H3/t20-,21+,22?/m1/s1. The van der Waals surface area contributed by atoms with Gasteiger partial charge in [0.1, 0.15) is 6.10 Å². The van der Waals surface area contributed by atoms with Crippen molar-refractivity contribution in [2.45, 2.75) is 51.3 Å². The smallest absolute Gasteiger partial charge is 0.303 e. The van der Waals surface area contributed by atoms with Crippen LogP contribution in [-0.2, 0) is 30.3 Å². The minimum Gasteiger partial charge on any atom is -0.457 e. The summed E-state index contributed by atoms with van der Waals surface area (Å²) >= 11 is 0. The molecule has 1 fully saturated rings. The van der Waals surface area contributed by atoms with E-state index in [0.717, 1.165) is 30.2 Å². The summed E-state index contributed by atoms with van der Waals surface area (Å²) in [5.74, 6) is -0.465. The van der Waals surface area contributed by atoms with Crippen molar-refractivity contribution in [3.05, 3.63) is 48.0 Å². The number of hydrogen-bond acceptors (Lipinski definition) is 6. The van der Waals surface area contributed by atoms with E-state index < -0.39 is 18.2 Å². The van der Waals surface area contributed by atoms with Gasteiger partial charge in [-0.3, -0.25) is 4.79 Å². The Kier molecular flexibility index (Phi) is 7.80. The first kappa shape index (κ1) is 20.7. The number of aliphatic hydroxyl groups excluding tert-OH is 1. The van der Waals surface area contributed by atoms with Crippen LogP contribution in [0.4, 0.5) is 0 Å². The first-order chi connectivity index (χ1) is 13.6. The van der Waals surface area contributed by atoms with E-state index in [9.17, 15) is 9.90 Å². The Hall–Kier alpha value is -1.99. The van der Waals surface area contributed by atoms with Crippen LogP contribution in [0.2, 0.25) is 0 Å². The molecule has 152 valence electrons. The Labute approximate surface area is 165 Å². The van der Waals surface area contributed by atoms with Crippen LogP contribution in [0, 0.1) is 0 Å². The van der Waals surface area contributed by atoms with Crippen molar-refractivity contribution in [3.8, 4) is 0 Å². The lowest BCUT2D eigenvalue weighted by atomic mass is 10.1. The molecule has 1 heterocycles. The summed E-state index contributed by atoms with van der Waals surface area (Å²) in [6.45, 7) is 2.46. The van der Waals surface area contributed by atoms with Crippen molar-refractivity contribution in [1.29, 1.82) is 0 Å². The lowest BCUT2D eigenvalue weighted by Crippen LogP contribution is -2.39. The molecule has 3 rings (SSSR count). The third-order valence-electron chi connectivity index (χ3n) is 4.70. The second-order valence-electron chi connectivity index (χ2n) is 7.04. The van der Waals surface area contributed by atoms with E-state index in [1.807, 2.05) is 24.3 Å². The van der Waals surface area contributed by atoms with Crippen LogP contribution in [0.15, 0.2) is 42.5 Å². The molecule has 0 saturated carbocycles. The molecule has 0 radical (unpaired) electrons. The molecule has 2 aromatic rings. The molecular formula is C22H28O6. The molecule has 1 N–H and O–H groups in total. The van der Waals surface area contributed by atoms with E-state index in [4.69, 9.17) is 18.9 Å².